The number of nitrogens with one attached hydrogen (secondary N) is 1. The van der Waals surface area contributed by atoms with Gasteiger partial charge in [-0.3, -0.25) is 15.2 Å². The van der Waals surface area contributed by atoms with Crippen LogP contribution < -0.4 is 10.5 Å². The Labute approximate surface area is 174 Å². The van der Waals surface area contributed by atoms with E-state index in [9.17, 15) is 15.4 Å². The number of ether oxygens (including phenoxy) is 1. The number of nitriles is 1. The molecule has 29 heavy (non-hydrogen) atoms. The minimum Gasteiger partial charge on any atom is -0.420 e. The van der Waals surface area contributed by atoms with Gasteiger partial charge in [0.05, 0.1) is 32.1 Å². The van der Waals surface area contributed by atoms with E-state index < -0.39 is 10.8 Å². The number of rotatable bonds is 3. The summed E-state index contributed by atoms with van der Waals surface area (Å²) in [6, 6.07) is 13.1. The van der Waals surface area contributed by atoms with Gasteiger partial charge < -0.3 is 10.5 Å². The molecule has 3 aromatic rings. The summed E-state index contributed by atoms with van der Waals surface area (Å²) in [6.07, 6.45) is 0. The summed E-state index contributed by atoms with van der Waals surface area (Å²) in [5, 5.41) is 28.5. The summed E-state index contributed by atoms with van der Waals surface area (Å²) in [7, 11) is 0. The Bertz CT molecular complexity index is 1230. The minimum absolute atomic E-state index is 0.0758. The second-order valence-electron chi connectivity index (χ2n) is 6.22. The summed E-state index contributed by atoms with van der Waals surface area (Å²) in [5.41, 5.74) is 8.19. The van der Waals surface area contributed by atoms with E-state index in [0.717, 1.165) is 0 Å². The number of halogens is 2. The number of aromatic amines is 1. The number of hydrogen-bond acceptors (Lipinski definition) is 6. The van der Waals surface area contributed by atoms with Crippen molar-refractivity contribution in [3.63, 3.8) is 0 Å². The van der Waals surface area contributed by atoms with Crippen molar-refractivity contribution in [3.05, 3.63) is 85.2 Å². The molecule has 1 aliphatic rings. The highest BCUT2D eigenvalue weighted by molar-refractivity contribution is 6.42. The maximum atomic E-state index is 11.2. The van der Waals surface area contributed by atoms with Gasteiger partial charge in [0.2, 0.25) is 11.8 Å². The van der Waals surface area contributed by atoms with E-state index in [0.29, 0.717) is 32.4 Å². The lowest BCUT2D eigenvalue weighted by Gasteiger charge is -2.24. The molecule has 1 aromatic heterocycles. The molecule has 8 nitrogen and oxygen atoms in total. The van der Waals surface area contributed by atoms with Crippen molar-refractivity contribution in [1.82, 2.24) is 10.2 Å². The van der Waals surface area contributed by atoms with Crippen LogP contribution in [0.4, 0.5) is 5.69 Å². The Morgan fingerprint density at radius 3 is 2.72 bits per heavy atom. The van der Waals surface area contributed by atoms with E-state index in [4.69, 9.17) is 33.7 Å². The average Bonchev–Trinajstić information content (AvgIpc) is 3.12. The van der Waals surface area contributed by atoms with Crippen LogP contribution in [-0.4, -0.2) is 15.1 Å². The molecule has 0 aliphatic carbocycles. The first-order valence-electron chi connectivity index (χ1n) is 8.26. The zero-order valence-corrected chi connectivity index (χ0v) is 16.0. The predicted molar refractivity (Wildman–Crippen MR) is 106 cm³/mol. The molecular weight excluding hydrogens is 417 g/mol. The van der Waals surface area contributed by atoms with Crippen molar-refractivity contribution < 1.29 is 9.66 Å². The van der Waals surface area contributed by atoms with Gasteiger partial charge in [-0.15, -0.1) is 5.10 Å². The number of nitrogens with two attached hydrogens (primary N) is 1. The third kappa shape index (κ3) is 3.16. The van der Waals surface area contributed by atoms with E-state index in [1.165, 1.54) is 12.1 Å². The van der Waals surface area contributed by atoms with Crippen LogP contribution in [0.25, 0.3) is 11.3 Å². The zero-order chi connectivity index (χ0) is 20.7. The third-order valence-corrected chi connectivity index (χ3v) is 5.30. The third-order valence-electron chi connectivity index (χ3n) is 4.56. The van der Waals surface area contributed by atoms with Crippen molar-refractivity contribution in [3.8, 4) is 23.2 Å². The monoisotopic (exact) mass is 427 g/mol. The number of benzene rings is 2. The van der Waals surface area contributed by atoms with Gasteiger partial charge in [0.1, 0.15) is 11.6 Å². The lowest BCUT2D eigenvalue weighted by atomic mass is 9.83. The van der Waals surface area contributed by atoms with Crippen LogP contribution in [0.1, 0.15) is 17.0 Å². The number of aromatic nitrogens is 2. The van der Waals surface area contributed by atoms with E-state index in [1.54, 1.807) is 30.3 Å². The van der Waals surface area contributed by atoms with Gasteiger partial charge in [-0.05, 0) is 17.7 Å². The summed E-state index contributed by atoms with van der Waals surface area (Å²) >= 11 is 12.2. The maximum absolute atomic E-state index is 11.2. The highest BCUT2D eigenvalue weighted by Gasteiger charge is 2.36. The van der Waals surface area contributed by atoms with Crippen molar-refractivity contribution in [1.29, 1.82) is 5.26 Å². The minimum atomic E-state index is -0.647. The SMILES string of the molecule is N#CC1=C(N)Oc2n[nH]c(-c3cccc([N+](=O)[O-])c3)c2[C@H]1c1ccc(Cl)c(Cl)c1. The first-order valence-corrected chi connectivity index (χ1v) is 9.02. The van der Waals surface area contributed by atoms with Crippen LogP contribution >= 0.6 is 23.2 Å². The molecule has 0 fully saturated rings. The van der Waals surface area contributed by atoms with Crippen molar-refractivity contribution in [2.75, 3.05) is 0 Å². The molecule has 0 radical (unpaired) electrons. The number of nitrogens with zero attached hydrogens (tertiary/aromatic N) is 3. The number of non-ortho nitro benzene ring substituents is 1. The Morgan fingerprint density at radius 2 is 2.03 bits per heavy atom. The number of allylic oxidation sites excluding steroid dienone is 1. The molecule has 0 saturated heterocycles. The smallest absolute Gasteiger partial charge is 0.270 e. The first kappa shape index (κ1) is 18.8. The van der Waals surface area contributed by atoms with Crippen LogP contribution in [0.3, 0.4) is 0 Å². The van der Waals surface area contributed by atoms with Gasteiger partial charge in [-0.1, -0.05) is 41.4 Å². The molecule has 0 spiro atoms. The molecular formula is C19H11Cl2N5O3. The second kappa shape index (κ2) is 7.13. The summed E-state index contributed by atoms with van der Waals surface area (Å²) in [5.74, 6) is -0.543. The molecule has 144 valence electrons. The van der Waals surface area contributed by atoms with Crippen LogP contribution in [0.2, 0.25) is 10.0 Å². The van der Waals surface area contributed by atoms with Gasteiger partial charge in [0.15, 0.2) is 0 Å². The lowest BCUT2D eigenvalue weighted by Crippen LogP contribution is -2.21. The van der Waals surface area contributed by atoms with E-state index in [1.807, 2.05) is 0 Å². The fourth-order valence-corrected chi connectivity index (χ4v) is 3.57. The Hall–Kier alpha value is -3.54. The first-order chi connectivity index (χ1) is 13.9. The van der Waals surface area contributed by atoms with Gasteiger partial charge in [-0.25, -0.2) is 0 Å². The number of hydrogen-bond donors (Lipinski definition) is 2. The van der Waals surface area contributed by atoms with Gasteiger partial charge in [0.25, 0.3) is 5.69 Å². The molecule has 3 N–H and O–H groups in total. The molecule has 0 amide bonds. The van der Waals surface area contributed by atoms with Crippen molar-refractivity contribution in [2.24, 2.45) is 5.73 Å². The Balaban J connectivity index is 1.95. The fraction of sp³-hybridized carbons (Fsp3) is 0.0526. The quantitative estimate of drug-likeness (QED) is 0.466. The van der Waals surface area contributed by atoms with E-state index in [2.05, 4.69) is 16.3 Å². The standard InChI is InChI=1S/C19H11Cl2N5O3/c20-13-5-4-9(7-14(13)21)15-12(8-22)18(23)29-19-16(15)17(24-25-19)10-2-1-3-11(6-10)26(27)28/h1-7,15H,23H2,(H,24,25)/t15-/m0/s1. The molecule has 10 heteroatoms. The predicted octanol–water partition coefficient (Wildman–Crippen LogP) is 4.51. The zero-order valence-electron chi connectivity index (χ0n) is 14.5. The summed E-state index contributed by atoms with van der Waals surface area (Å²) < 4.78 is 5.52. The largest absolute Gasteiger partial charge is 0.420 e. The summed E-state index contributed by atoms with van der Waals surface area (Å²) in [4.78, 5) is 10.7. The van der Waals surface area contributed by atoms with Crippen LogP contribution in [0.15, 0.2) is 53.9 Å². The van der Waals surface area contributed by atoms with Crippen LogP contribution in [0.5, 0.6) is 5.88 Å². The Morgan fingerprint density at radius 1 is 1.24 bits per heavy atom. The number of fused-ring (bicyclic) bond motifs is 1. The highest BCUT2D eigenvalue weighted by Crippen LogP contribution is 2.46. The normalized spacial score (nSPS) is 15.4. The lowest BCUT2D eigenvalue weighted by molar-refractivity contribution is -0.384. The molecule has 1 aliphatic heterocycles. The molecule has 0 unspecified atom stereocenters. The van der Waals surface area contributed by atoms with Crippen LogP contribution in [-0.2, 0) is 0 Å². The van der Waals surface area contributed by atoms with Gasteiger partial charge in [-0.2, -0.15) is 5.26 Å². The second-order valence-corrected chi connectivity index (χ2v) is 7.04. The van der Waals surface area contributed by atoms with Gasteiger partial charge in [0, 0.05) is 17.7 Å². The fourth-order valence-electron chi connectivity index (χ4n) is 3.27. The molecule has 0 saturated carbocycles. The van der Waals surface area contributed by atoms with E-state index in [-0.39, 0.29) is 23.0 Å². The topological polar surface area (TPSA) is 131 Å². The average molecular weight is 428 g/mol. The van der Waals surface area contributed by atoms with Crippen molar-refractivity contribution >= 4 is 28.9 Å². The van der Waals surface area contributed by atoms with E-state index >= 15 is 0 Å². The highest BCUT2D eigenvalue weighted by atomic mass is 35.5. The molecule has 4 rings (SSSR count). The number of nitro benzene ring substituents is 1. The number of nitro groups is 1. The molecule has 0 bridgehead atoms. The molecule has 1 atom stereocenters. The molecule has 2 heterocycles. The maximum Gasteiger partial charge on any atom is 0.270 e. The van der Waals surface area contributed by atoms with Crippen LogP contribution in [0, 0.1) is 21.4 Å². The van der Waals surface area contributed by atoms with Gasteiger partial charge >= 0.3 is 0 Å². The molecule has 2 aromatic carbocycles. The van der Waals surface area contributed by atoms with Crippen molar-refractivity contribution in [2.45, 2.75) is 5.92 Å². The summed E-state index contributed by atoms with van der Waals surface area (Å²) in [6.45, 7) is 0. The Kier molecular flexibility index (Phi) is 4.62. The number of H-pyrrole nitrogens is 1.